The van der Waals surface area contributed by atoms with Crippen molar-refractivity contribution in [1.29, 1.82) is 0 Å². The molecule has 2 heterocycles. The molecule has 1 fully saturated rings. The summed E-state index contributed by atoms with van der Waals surface area (Å²) in [7, 11) is -9.14. The van der Waals surface area contributed by atoms with Crippen LogP contribution in [0.3, 0.4) is 0 Å². The van der Waals surface area contributed by atoms with Gasteiger partial charge in [-0.2, -0.15) is 28.6 Å². The Balaban J connectivity index is 1.43. The van der Waals surface area contributed by atoms with E-state index < -0.39 is 277 Å². The van der Waals surface area contributed by atoms with Gasteiger partial charge >= 0.3 is 29.8 Å². The van der Waals surface area contributed by atoms with Gasteiger partial charge in [-0.3, -0.25) is 100 Å². The molecule has 746 valence electrons. The number of carbonyl (C=O) groups is 18. The van der Waals surface area contributed by atoms with Crippen LogP contribution in [0.1, 0.15) is 188 Å². The van der Waals surface area contributed by atoms with Crippen LogP contribution in [0.25, 0.3) is 0 Å². The van der Waals surface area contributed by atoms with Crippen LogP contribution in [-0.2, 0) is 122 Å². The Bertz CT molecular complexity index is 5030. The smallest absolute Gasteiger partial charge is 0.303 e. The number of fused-ring (bicyclic) bond motifs is 1. The summed E-state index contributed by atoms with van der Waals surface area (Å²) >= 11 is 1.20. The van der Waals surface area contributed by atoms with Crippen molar-refractivity contribution in [2.75, 3.05) is 69.4 Å². The van der Waals surface area contributed by atoms with Crippen molar-refractivity contribution in [1.82, 2.24) is 63.4 Å². The van der Waals surface area contributed by atoms with E-state index in [9.17, 15) is 138 Å². The Kier molecular flexibility index (Phi) is 47.3. The number of aliphatic carboxylic acids is 5. The average Bonchev–Trinajstić information content (AvgIpc) is 1.58. The van der Waals surface area contributed by atoms with Crippen molar-refractivity contribution >= 4 is 150 Å². The van der Waals surface area contributed by atoms with E-state index in [2.05, 4.69) is 63.5 Å². The molecule has 0 spiro atoms. The molecule has 9 atom stereocenters. The van der Waals surface area contributed by atoms with E-state index in [1.807, 2.05) is 52.5 Å². The van der Waals surface area contributed by atoms with E-state index in [0.29, 0.717) is 60.6 Å². The van der Waals surface area contributed by atoms with Crippen molar-refractivity contribution in [2.45, 2.75) is 253 Å². The van der Waals surface area contributed by atoms with E-state index in [4.69, 9.17) is 4.74 Å². The number of benzene rings is 2. The molecule has 0 unspecified atom stereocenters. The van der Waals surface area contributed by atoms with E-state index in [-0.39, 0.29) is 66.0 Å². The number of nitrogens with one attached hydrogen (secondary N) is 11. The van der Waals surface area contributed by atoms with Crippen LogP contribution in [-0.4, -0.2) is 287 Å². The van der Waals surface area contributed by atoms with Crippen LogP contribution in [0.2, 0.25) is 0 Å². The molecule has 0 saturated carbocycles. The van der Waals surface area contributed by atoms with Gasteiger partial charge in [0.2, 0.25) is 70.9 Å². The van der Waals surface area contributed by atoms with Crippen LogP contribution in [0.5, 0.6) is 0 Å². The van der Waals surface area contributed by atoms with Crippen molar-refractivity contribution in [3.63, 3.8) is 0 Å². The topological polar surface area (TPSA) is 678 Å². The van der Waals surface area contributed by atoms with Crippen LogP contribution >= 0.6 is 11.8 Å². The summed E-state index contributed by atoms with van der Waals surface area (Å²) in [5.41, 5.74) is 2.26. The fraction of sp³-hybridized carbons (Fsp3) is 0.557. The zero-order chi connectivity index (χ0) is 101. The zero-order valence-corrected chi connectivity index (χ0v) is 79.7. The summed E-state index contributed by atoms with van der Waals surface area (Å²) in [6.07, 6.45) is 7.56. The second-order valence-electron chi connectivity index (χ2n) is 33.6. The van der Waals surface area contributed by atoms with Gasteiger partial charge < -0.3 is 98.6 Å². The average molecular weight is 1960 g/mol. The maximum atomic E-state index is 14.3. The number of amides is 12. The molecular formula is C88H126N14O30S3. The molecular weight excluding hydrogens is 1830 g/mol. The van der Waals surface area contributed by atoms with Crippen molar-refractivity contribution in [3.8, 4) is 0 Å². The maximum Gasteiger partial charge on any atom is 0.303 e. The number of rotatable bonds is 60. The molecule has 0 bridgehead atoms. The molecule has 2 aromatic carbocycles. The Hall–Kier alpha value is -12.3. The lowest BCUT2D eigenvalue weighted by Crippen LogP contribution is -2.59. The van der Waals surface area contributed by atoms with E-state index in [1.54, 1.807) is 68.7 Å². The zero-order valence-electron chi connectivity index (χ0n) is 77.3. The molecule has 2 aliphatic heterocycles. The normalized spacial score (nSPS) is 15.9. The number of carboxylic acid groups (broad SMARTS) is 5. The first-order valence-electron chi connectivity index (χ1n) is 43.7. The summed E-state index contributed by atoms with van der Waals surface area (Å²) in [4.78, 5) is 242. The fourth-order valence-corrected chi connectivity index (χ4v) is 16.1. The highest BCUT2D eigenvalue weighted by Crippen LogP contribution is 2.49. The Morgan fingerprint density at radius 3 is 1.54 bits per heavy atom. The SMILES string of the molecule is CCN=C(/C=C/C=C/C=C/C=C1/N(CCCCCC(=O)N[C@H](CCC(=O)O)C(=O)N[C@H](CCC(=O)O)C(=O)N[C@H](CCC(=O)O)C(=O)N[C@H](CCC(=O)O)C(=O)N[C@H](CCC(=O)O)C(=O)NCCOCC(=O)N2CCC[C@H]2C(=O)N[C@@H](CC(C)C)C(=O)NCC(=O)N[C@@H](CSC)C(=O)N[C@@H](C)C(=O)NCC(C)=O)c2ccc(S(=O)(=O)O)cc2C1(C)C)C(C)(C)c1cc(S(=O)(=O)O)ccc1C. The molecule has 12 amide bonds. The van der Waals surface area contributed by atoms with Crippen molar-refractivity contribution in [3.05, 3.63) is 101 Å². The third kappa shape index (κ3) is 39.3. The molecule has 18 N–H and O–H groups in total. The number of Topliss-reactive ketones (excluding diaryl/α,β-unsaturated/α-hetero) is 1. The predicted molar refractivity (Wildman–Crippen MR) is 491 cm³/mol. The van der Waals surface area contributed by atoms with Gasteiger partial charge in [0.25, 0.3) is 20.2 Å². The van der Waals surface area contributed by atoms with Gasteiger partial charge in [-0.05, 0) is 163 Å². The van der Waals surface area contributed by atoms with Crippen molar-refractivity contribution < 1.29 is 143 Å². The Morgan fingerprint density at radius 2 is 1.04 bits per heavy atom. The summed E-state index contributed by atoms with van der Waals surface area (Å²) in [6.45, 7) is 15.7. The summed E-state index contributed by atoms with van der Waals surface area (Å²) in [6, 6.07) is -5.40. The number of ketones is 1. The number of nitrogens with zero attached hydrogens (tertiary/aromatic N) is 3. The number of allylic oxidation sites excluding steroid dienone is 8. The second-order valence-corrected chi connectivity index (χ2v) is 37.4. The minimum atomic E-state index is -4.64. The van der Waals surface area contributed by atoms with E-state index >= 15 is 0 Å². The lowest BCUT2D eigenvalue weighted by Gasteiger charge is -2.28. The number of unbranched alkanes of at least 4 members (excludes halogenated alkanes) is 2. The quantitative estimate of drug-likeness (QED) is 0.0194. The van der Waals surface area contributed by atoms with Crippen LogP contribution in [0.15, 0.2) is 99.4 Å². The van der Waals surface area contributed by atoms with Gasteiger partial charge in [0.15, 0.2) is 0 Å². The van der Waals surface area contributed by atoms with Gasteiger partial charge in [0.05, 0.1) is 29.5 Å². The van der Waals surface area contributed by atoms with Crippen LogP contribution < -0.4 is 63.4 Å². The largest absolute Gasteiger partial charge is 0.481 e. The Labute approximate surface area is 786 Å². The number of likely N-dealkylation sites (tertiary alicyclic amines) is 1. The molecule has 2 aromatic rings. The standard InChI is InChI=1S/C88H126N14O30S3/c1-12-89-68(87(7,8)57-45-55(134(126,127)128)27-26-52(57)4)23-17-14-13-15-18-24-69-88(9,10)58-46-56(135(129,130)131)28-34-66(58)101(69)41-20-16-19-25-70(104)94-60(30-36-74(109)110)81(120)97-62(32-38-76(113)114)83(122)99-63(33-39-77(115)116)84(123)98-61(31-37-75(111)112)82(121)96-59(29-35-73(107)108)79(118)90-40-43-132-49-72(106)102-42-21-22-67(102)86(125)100-64(44-51(2)3)80(119)92-48-71(105)95-65(50-133-11)85(124)93-54(6)78(117)91-47-53(5)103/h13-15,17-18,23-24,26-28,34,45-46,51,54,59-65,67H,12,16,19-22,25,29-33,35-44,47-50H2,1-11H3,(H,90,118)(H,91,117)(H,92,119)(H,93,124)(H,94,104)(H,95,105)(H,96,121)(H,97,120)(H,98,123)(H,99,122)(H,100,125)(H,107,108)(H,109,110)(H,111,112)(H,113,114)(H,115,116)(H,126,127,128)(H,129,130,131)/b14-13+,18-15+,23-17+,69-24+,89-68?/t54-,59+,60+,61+,62+,63+,64-,65-,67-/m0/s1. The van der Waals surface area contributed by atoms with E-state index in [1.165, 1.54) is 54.8 Å². The van der Waals surface area contributed by atoms with Crippen LogP contribution in [0.4, 0.5) is 5.69 Å². The number of hydrogen-bond acceptors (Lipinski definition) is 26. The predicted octanol–water partition coefficient (Wildman–Crippen LogP) is 1.71. The number of aliphatic imine (C=N–C) groups is 1. The highest BCUT2D eigenvalue weighted by atomic mass is 32.2. The number of carbonyl (C=O) groups excluding carboxylic acids is 13. The van der Waals surface area contributed by atoms with Crippen molar-refractivity contribution in [2.24, 2.45) is 10.9 Å². The second kappa shape index (κ2) is 55.5. The molecule has 1 saturated heterocycles. The minimum absolute atomic E-state index is 0.0721. The first-order chi connectivity index (χ1) is 63.2. The molecule has 0 radical (unpaired) electrons. The van der Waals surface area contributed by atoms with E-state index in [0.717, 1.165) is 5.56 Å². The number of ether oxygens (including phenoxy) is 1. The minimum Gasteiger partial charge on any atom is -0.481 e. The lowest BCUT2D eigenvalue weighted by atomic mass is 9.77. The number of aryl methyl sites for hydroxylation is 1. The fourth-order valence-electron chi connectivity index (χ4n) is 14.6. The molecule has 4 rings (SSSR count). The number of hydrogen-bond donors (Lipinski definition) is 18. The molecule has 44 nitrogen and oxygen atoms in total. The molecule has 2 aliphatic rings. The third-order valence-corrected chi connectivity index (χ3v) is 24.0. The molecule has 0 aliphatic carbocycles. The Morgan fingerprint density at radius 1 is 0.563 bits per heavy atom. The van der Waals surface area contributed by atoms with Gasteiger partial charge in [0, 0.05) is 98.4 Å². The lowest BCUT2D eigenvalue weighted by molar-refractivity contribution is -0.142. The number of anilines is 1. The summed E-state index contributed by atoms with van der Waals surface area (Å²) in [5.74, 6) is -19.3. The molecule has 135 heavy (non-hydrogen) atoms. The summed E-state index contributed by atoms with van der Waals surface area (Å²) in [5, 5.41) is 74.7. The van der Waals surface area contributed by atoms with Gasteiger partial charge in [-0.1, -0.05) is 84.4 Å². The highest BCUT2D eigenvalue weighted by molar-refractivity contribution is 7.98. The van der Waals surface area contributed by atoms with Crippen LogP contribution in [0, 0.1) is 12.8 Å². The summed E-state index contributed by atoms with van der Waals surface area (Å²) < 4.78 is 74.2. The van der Waals surface area contributed by atoms with Gasteiger partial charge in [0.1, 0.15) is 66.8 Å². The molecule has 47 heteroatoms. The number of thioether (sulfide) groups is 1. The number of carboxylic acids is 5. The highest BCUT2D eigenvalue weighted by Gasteiger charge is 2.43. The molecule has 0 aromatic heterocycles. The third-order valence-electron chi connectivity index (χ3n) is 21.6. The first kappa shape index (κ1) is 115. The first-order valence-corrected chi connectivity index (χ1v) is 47.9. The monoisotopic (exact) mass is 1950 g/mol. The maximum absolute atomic E-state index is 14.3. The van der Waals surface area contributed by atoms with Gasteiger partial charge in [-0.15, -0.1) is 0 Å². The van der Waals surface area contributed by atoms with Gasteiger partial charge in [-0.25, -0.2) is 0 Å².